The maximum absolute atomic E-state index is 12.1. The van der Waals surface area contributed by atoms with Crippen LogP contribution in [0.1, 0.15) is 15.9 Å². The second-order valence-corrected chi connectivity index (χ2v) is 4.40. The smallest absolute Gasteiger partial charge is 0.404 e. The zero-order valence-electron chi connectivity index (χ0n) is 11.2. The number of carbonyl (C=O) groups is 2. The van der Waals surface area contributed by atoms with Crippen LogP contribution in [0.5, 0.6) is 0 Å². The van der Waals surface area contributed by atoms with Crippen LogP contribution in [0, 0.1) is 0 Å². The summed E-state index contributed by atoms with van der Waals surface area (Å²) in [5, 5.41) is 13.5. The number of amides is 2. The lowest BCUT2D eigenvalue weighted by Gasteiger charge is -2.08. The number of anilines is 2. The molecule has 2 amide bonds. The number of nitrogens with one attached hydrogen (secondary N) is 2. The SMILES string of the molecule is Nc1ccccc1C(=O)Nc1ccc(CNC(=O)O)cc1. The van der Waals surface area contributed by atoms with Crippen LogP contribution in [-0.2, 0) is 6.54 Å². The van der Waals surface area contributed by atoms with Crippen molar-refractivity contribution in [2.75, 3.05) is 11.1 Å². The Bertz CT molecular complexity index is 653. The number of para-hydroxylation sites is 1. The largest absolute Gasteiger partial charge is 0.465 e. The van der Waals surface area contributed by atoms with Gasteiger partial charge in [-0.25, -0.2) is 4.79 Å². The number of hydrogen-bond acceptors (Lipinski definition) is 3. The third kappa shape index (κ3) is 3.97. The molecule has 5 N–H and O–H groups in total. The number of hydrogen-bond donors (Lipinski definition) is 4. The number of benzene rings is 2. The Morgan fingerprint density at radius 1 is 1.05 bits per heavy atom. The van der Waals surface area contributed by atoms with Gasteiger partial charge in [-0.2, -0.15) is 0 Å². The lowest BCUT2D eigenvalue weighted by molar-refractivity contribution is 0.102. The summed E-state index contributed by atoms with van der Waals surface area (Å²) in [6.07, 6.45) is -1.08. The number of carboxylic acid groups (broad SMARTS) is 1. The average molecular weight is 285 g/mol. The topological polar surface area (TPSA) is 104 Å². The molecule has 0 bridgehead atoms. The van der Waals surface area contributed by atoms with Gasteiger partial charge in [0.2, 0.25) is 0 Å². The molecule has 2 aromatic carbocycles. The average Bonchev–Trinajstić information content (AvgIpc) is 2.47. The van der Waals surface area contributed by atoms with E-state index in [4.69, 9.17) is 10.8 Å². The van der Waals surface area contributed by atoms with Gasteiger partial charge >= 0.3 is 6.09 Å². The van der Waals surface area contributed by atoms with Crippen LogP contribution >= 0.6 is 0 Å². The highest BCUT2D eigenvalue weighted by molar-refractivity contribution is 6.07. The van der Waals surface area contributed by atoms with Crippen molar-refractivity contribution in [1.82, 2.24) is 5.32 Å². The van der Waals surface area contributed by atoms with Crippen LogP contribution in [-0.4, -0.2) is 17.1 Å². The minimum absolute atomic E-state index is 0.217. The molecular formula is C15H15N3O3. The van der Waals surface area contributed by atoms with Crippen LogP contribution in [0.25, 0.3) is 0 Å². The number of nitrogens with two attached hydrogens (primary N) is 1. The summed E-state index contributed by atoms with van der Waals surface area (Å²) in [5.41, 5.74) is 7.98. The van der Waals surface area contributed by atoms with Gasteiger partial charge in [0.25, 0.3) is 5.91 Å². The highest BCUT2D eigenvalue weighted by atomic mass is 16.4. The molecule has 2 aromatic rings. The lowest BCUT2D eigenvalue weighted by Crippen LogP contribution is -2.19. The second-order valence-electron chi connectivity index (χ2n) is 4.40. The highest BCUT2D eigenvalue weighted by Crippen LogP contribution is 2.15. The zero-order valence-corrected chi connectivity index (χ0v) is 11.2. The first-order valence-electron chi connectivity index (χ1n) is 6.28. The molecule has 0 atom stereocenters. The van der Waals surface area contributed by atoms with E-state index in [1.807, 2.05) is 0 Å². The minimum Gasteiger partial charge on any atom is -0.465 e. The van der Waals surface area contributed by atoms with Gasteiger partial charge < -0.3 is 21.5 Å². The fourth-order valence-electron chi connectivity index (χ4n) is 1.79. The fraction of sp³-hybridized carbons (Fsp3) is 0.0667. The summed E-state index contributed by atoms with van der Waals surface area (Å²) < 4.78 is 0. The molecule has 0 radical (unpaired) electrons. The first-order valence-corrected chi connectivity index (χ1v) is 6.28. The van der Waals surface area contributed by atoms with E-state index >= 15 is 0 Å². The molecule has 6 heteroatoms. The van der Waals surface area contributed by atoms with Gasteiger partial charge in [0, 0.05) is 17.9 Å². The predicted molar refractivity (Wildman–Crippen MR) is 80.1 cm³/mol. The van der Waals surface area contributed by atoms with Gasteiger partial charge in [-0.1, -0.05) is 24.3 Å². The Balaban J connectivity index is 2.02. The molecule has 0 fully saturated rings. The summed E-state index contributed by atoms with van der Waals surface area (Å²) in [4.78, 5) is 22.4. The Hall–Kier alpha value is -3.02. The molecule has 21 heavy (non-hydrogen) atoms. The van der Waals surface area contributed by atoms with E-state index in [0.29, 0.717) is 16.9 Å². The highest BCUT2D eigenvalue weighted by Gasteiger charge is 2.08. The molecule has 0 heterocycles. The number of nitrogen functional groups attached to an aromatic ring is 1. The molecule has 0 aromatic heterocycles. The summed E-state index contributed by atoms with van der Waals surface area (Å²) in [6.45, 7) is 0.217. The summed E-state index contributed by atoms with van der Waals surface area (Å²) in [5.74, 6) is -0.287. The van der Waals surface area contributed by atoms with E-state index in [-0.39, 0.29) is 12.5 Å². The second kappa shape index (κ2) is 6.42. The molecule has 108 valence electrons. The maximum atomic E-state index is 12.1. The quantitative estimate of drug-likeness (QED) is 0.647. The van der Waals surface area contributed by atoms with Crippen molar-refractivity contribution < 1.29 is 14.7 Å². The third-order valence-electron chi connectivity index (χ3n) is 2.86. The van der Waals surface area contributed by atoms with Crippen molar-refractivity contribution in [2.24, 2.45) is 0 Å². The van der Waals surface area contributed by atoms with E-state index < -0.39 is 6.09 Å². The first kappa shape index (κ1) is 14.4. The van der Waals surface area contributed by atoms with Crippen LogP contribution in [0.2, 0.25) is 0 Å². The van der Waals surface area contributed by atoms with E-state index in [1.54, 1.807) is 48.5 Å². The molecular weight excluding hydrogens is 270 g/mol. The molecule has 2 rings (SSSR count). The van der Waals surface area contributed by atoms with Crippen molar-refractivity contribution in [3.8, 4) is 0 Å². The van der Waals surface area contributed by atoms with E-state index in [2.05, 4.69) is 10.6 Å². The first-order chi connectivity index (χ1) is 10.1. The molecule has 0 aliphatic rings. The van der Waals surface area contributed by atoms with E-state index in [0.717, 1.165) is 5.56 Å². The Kier molecular flexibility index (Phi) is 4.40. The summed E-state index contributed by atoms with van der Waals surface area (Å²) in [7, 11) is 0. The maximum Gasteiger partial charge on any atom is 0.404 e. The minimum atomic E-state index is -1.08. The molecule has 0 aliphatic heterocycles. The number of rotatable bonds is 4. The monoisotopic (exact) mass is 285 g/mol. The van der Waals surface area contributed by atoms with Crippen LogP contribution < -0.4 is 16.4 Å². The fourth-order valence-corrected chi connectivity index (χ4v) is 1.79. The third-order valence-corrected chi connectivity index (χ3v) is 2.86. The molecule has 6 nitrogen and oxygen atoms in total. The molecule has 0 aliphatic carbocycles. The predicted octanol–water partition coefficient (Wildman–Crippen LogP) is 2.29. The molecule has 0 unspecified atom stereocenters. The van der Waals surface area contributed by atoms with Crippen molar-refractivity contribution in [3.05, 3.63) is 59.7 Å². The van der Waals surface area contributed by atoms with Gasteiger partial charge in [0.15, 0.2) is 0 Å². The van der Waals surface area contributed by atoms with Gasteiger partial charge in [0.1, 0.15) is 0 Å². The van der Waals surface area contributed by atoms with Crippen molar-refractivity contribution in [3.63, 3.8) is 0 Å². The van der Waals surface area contributed by atoms with Crippen LogP contribution in [0.15, 0.2) is 48.5 Å². The normalized spacial score (nSPS) is 9.90. The van der Waals surface area contributed by atoms with Crippen LogP contribution in [0.3, 0.4) is 0 Å². The van der Waals surface area contributed by atoms with Gasteiger partial charge in [-0.05, 0) is 29.8 Å². The molecule has 0 spiro atoms. The van der Waals surface area contributed by atoms with Gasteiger partial charge in [0.05, 0.1) is 5.56 Å². The summed E-state index contributed by atoms with van der Waals surface area (Å²) in [6, 6.07) is 13.7. The van der Waals surface area contributed by atoms with E-state index in [1.165, 1.54) is 0 Å². The number of carbonyl (C=O) groups excluding carboxylic acids is 1. The molecule has 0 saturated carbocycles. The summed E-state index contributed by atoms with van der Waals surface area (Å²) >= 11 is 0. The Morgan fingerprint density at radius 2 is 1.71 bits per heavy atom. The zero-order chi connectivity index (χ0) is 15.2. The van der Waals surface area contributed by atoms with E-state index in [9.17, 15) is 9.59 Å². The van der Waals surface area contributed by atoms with Crippen LogP contribution in [0.4, 0.5) is 16.2 Å². The molecule has 0 saturated heterocycles. The van der Waals surface area contributed by atoms with Crippen molar-refractivity contribution in [1.29, 1.82) is 0 Å². The Morgan fingerprint density at radius 3 is 2.33 bits per heavy atom. The Labute approximate surface area is 121 Å². The lowest BCUT2D eigenvalue weighted by atomic mass is 10.1. The van der Waals surface area contributed by atoms with Crippen molar-refractivity contribution >= 4 is 23.4 Å². The van der Waals surface area contributed by atoms with Crippen molar-refractivity contribution in [2.45, 2.75) is 6.54 Å². The standard InChI is InChI=1S/C15H15N3O3/c16-13-4-2-1-3-12(13)14(19)18-11-7-5-10(6-8-11)9-17-15(20)21/h1-8,17H,9,16H2,(H,18,19)(H,20,21). The van der Waals surface area contributed by atoms with Gasteiger partial charge in [-0.3, -0.25) is 4.79 Å². The van der Waals surface area contributed by atoms with Gasteiger partial charge in [-0.15, -0.1) is 0 Å².